The van der Waals surface area contributed by atoms with Gasteiger partial charge >= 0.3 is 0 Å². The zero-order valence-electron chi connectivity index (χ0n) is 12.2. The normalized spacial score (nSPS) is 32.0. The van der Waals surface area contributed by atoms with Gasteiger partial charge in [-0.3, -0.25) is 14.5 Å². The maximum Gasteiger partial charge on any atom is 0.253 e. The maximum atomic E-state index is 11.3. The first-order valence-electron chi connectivity index (χ1n) is 7.40. The van der Waals surface area contributed by atoms with Crippen molar-refractivity contribution in [3.05, 3.63) is 12.2 Å². The van der Waals surface area contributed by atoms with Crippen molar-refractivity contribution in [2.75, 3.05) is 26.3 Å². The molecule has 2 aliphatic rings. The topological polar surface area (TPSA) is 119 Å². The van der Waals surface area contributed by atoms with Gasteiger partial charge < -0.3 is 25.4 Å². The Bertz CT molecular complexity index is 423. The van der Waals surface area contributed by atoms with Crippen LogP contribution in [0.15, 0.2) is 12.2 Å². The van der Waals surface area contributed by atoms with E-state index >= 15 is 0 Å². The molecule has 1 fully saturated rings. The van der Waals surface area contributed by atoms with Crippen LogP contribution in [0.3, 0.4) is 0 Å². The molecule has 8 nitrogen and oxygen atoms in total. The molecule has 4 atom stereocenters. The fourth-order valence-electron chi connectivity index (χ4n) is 2.56. The Kier molecular flexibility index (Phi) is 6.04. The Hall–Kier alpha value is -1.32. The van der Waals surface area contributed by atoms with Crippen LogP contribution in [0.2, 0.25) is 0 Å². The molecule has 0 aliphatic carbocycles. The van der Waals surface area contributed by atoms with Crippen LogP contribution in [0.25, 0.3) is 0 Å². The van der Waals surface area contributed by atoms with Gasteiger partial charge in [-0.15, -0.1) is 0 Å². The lowest BCUT2D eigenvalue weighted by molar-refractivity contribution is -0.161. The number of amides is 2. The molecule has 2 aliphatic heterocycles. The molecule has 1 saturated heterocycles. The fourth-order valence-corrected chi connectivity index (χ4v) is 2.56. The highest BCUT2D eigenvalue weighted by molar-refractivity contribution is 6.12. The third-order valence-electron chi connectivity index (χ3n) is 3.93. The molecule has 0 aromatic carbocycles. The number of imide groups is 1. The molecule has 2 heterocycles. The highest BCUT2D eigenvalue weighted by Crippen LogP contribution is 2.15. The first-order valence-corrected chi connectivity index (χ1v) is 7.40. The van der Waals surface area contributed by atoms with Gasteiger partial charge in [0.25, 0.3) is 11.8 Å². The van der Waals surface area contributed by atoms with E-state index in [9.17, 15) is 19.8 Å². The Labute approximate surface area is 128 Å². The lowest BCUT2D eigenvalue weighted by atomic mass is 9.98. The van der Waals surface area contributed by atoms with Gasteiger partial charge in [-0.05, 0) is 19.4 Å². The molecule has 0 spiro atoms. The average molecular weight is 314 g/mol. The van der Waals surface area contributed by atoms with Crippen LogP contribution < -0.4 is 5.32 Å². The molecule has 0 radical (unpaired) electrons. The van der Waals surface area contributed by atoms with Gasteiger partial charge in [0.1, 0.15) is 18.3 Å². The molecule has 124 valence electrons. The molecule has 4 unspecified atom stereocenters. The summed E-state index contributed by atoms with van der Waals surface area (Å²) < 4.78 is 5.26. The highest BCUT2D eigenvalue weighted by Gasteiger charge is 2.37. The molecule has 22 heavy (non-hydrogen) atoms. The van der Waals surface area contributed by atoms with E-state index in [4.69, 9.17) is 9.84 Å². The van der Waals surface area contributed by atoms with Crippen molar-refractivity contribution in [1.82, 2.24) is 10.2 Å². The summed E-state index contributed by atoms with van der Waals surface area (Å²) in [6.45, 7) is 0.796. The van der Waals surface area contributed by atoms with E-state index in [-0.39, 0.29) is 25.0 Å². The Morgan fingerprint density at radius 2 is 1.86 bits per heavy atom. The van der Waals surface area contributed by atoms with E-state index in [1.807, 2.05) is 0 Å². The second kappa shape index (κ2) is 7.80. The zero-order valence-corrected chi connectivity index (χ0v) is 12.2. The second-order valence-corrected chi connectivity index (χ2v) is 5.46. The summed E-state index contributed by atoms with van der Waals surface area (Å²) in [7, 11) is 0. The van der Waals surface area contributed by atoms with Crippen LogP contribution in [0.5, 0.6) is 0 Å². The monoisotopic (exact) mass is 314 g/mol. The summed E-state index contributed by atoms with van der Waals surface area (Å²) in [5, 5.41) is 31.7. The van der Waals surface area contributed by atoms with Gasteiger partial charge in [-0.1, -0.05) is 0 Å². The van der Waals surface area contributed by atoms with Crippen molar-refractivity contribution in [1.29, 1.82) is 0 Å². The average Bonchev–Trinajstić information content (AvgIpc) is 2.82. The lowest BCUT2D eigenvalue weighted by Crippen LogP contribution is -2.59. The summed E-state index contributed by atoms with van der Waals surface area (Å²) >= 11 is 0. The van der Waals surface area contributed by atoms with E-state index in [2.05, 4.69) is 5.32 Å². The highest BCUT2D eigenvalue weighted by atomic mass is 16.5. The molecule has 0 aromatic rings. The standard InChI is InChI=1S/C14H22N2O6/c17-7-10-14(21)13(20)9(8-22-10)15-5-1-2-6-16-11(18)3-4-12(16)19/h3-4,9-10,13-15,17,20-21H,1-2,5-8H2. The van der Waals surface area contributed by atoms with Crippen LogP contribution >= 0.6 is 0 Å². The molecule has 0 bridgehead atoms. The lowest BCUT2D eigenvalue weighted by Gasteiger charge is -2.37. The summed E-state index contributed by atoms with van der Waals surface area (Å²) in [5.41, 5.74) is 0. The fraction of sp³-hybridized carbons (Fsp3) is 0.714. The molecule has 2 amide bonds. The van der Waals surface area contributed by atoms with Crippen LogP contribution in [-0.2, 0) is 14.3 Å². The summed E-state index contributed by atoms with van der Waals surface area (Å²) in [4.78, 5) is 23.9. The van der Waals surface area contributed by atoms with Gasteiger partial charge in [0, 0.05) is 18.7 Å². The summed E-state index contributed by atoms with van der Waals surface area (Å²) in [5.74, 6) is -0.570. The molecule has 4 N–H and O–H groups in total. The number of unbranched alkanes of at least 4 members (excludes halogenated alkanes) is 1. The van der Waals surface area contributed by atoms with E-state index < -0.39 is 24.4 Å². The number of nitrogens with one attached hydrogen (secondary N) is 1. The maximum absolute atomic E-state index is 11.3. The smallest absolute Gasteiger partial charge is 0.253 e. The van der Waals surface area contributed by atoms with E-state index in [1.54, 1.807) is 0 Å². The molecule has 8 heteroatoms. The Morgan fingerprint density at radius 3 is 2.50 bits per heavy atom. The van der Waals surface area contributed by atoms with Crippen molar-refractivity contribution in [2.24, 2.45) is 0 Å². The van der Waals surface area contributed by atoms with Crippen LogP contribution in [-0.4, -0.2) is 82.7 Å². The third kappa shape index (κ3) is 3.90. The van der Waals surface area contributed by atoms with E-state index in [0.29, 0.717) is 25.9 Å². The number of nitrogens with zero attached hydrogens (tertiary/aromatic N) is 1. The van der Waals surface area contributed by atoms with Gasteiger partial charge in [0.2, 0.25) is 0 Å². The van der Waals surface area contributed by atoms with E-state index in [1.165, 1.54) is 17.1 Å². The Morgan fingerprint density at radius 1 is 1.18 bits per heavy atom. The minimum Gasteiger partial charge on any atom is -0.394 e. The van der Waals surface area contributed by atoms with Crippen molar-refractivity contribution in [2.45, 2.75) is 37.2 Å². The molecular formula is C14H22N2O6. The number of aliphatic hydroxyl groups is 3. The predicted octanol–water partition coefficient (Wildman–Crippen LogP) is -2.24. The SMILES string of the molecule is O=C1C=CC(=O)N1CCCCNC1COC(CO)C(O)C1O. The number of hydrogen-bond donors (Lipinski definition) is 4. The molecule has 0 aromatic heterocycles. The summed E-state index contributed by atoms with van der Waals surface area (Å²) in [6, 6.07) is -0.408. The number of carbonyl (C=O) groups is 2. The van der Waals surface area contributed by atoms with Gasteiger partial charge in [0.05, 0.1) is 19.3 Å². The second-order valence-electron chi connectivity index (χ2n) is 5.46. The van der Waals surface area contributed by atoms with Crippen LogP contribution in [0, 0.1) is 0 Å². The number of hydrogen-bond acceptors (Lipinski definition) is 7. The van der Waals surface area contributed by atoms with Crippen molar-refractivity contribution < 1.29 is 29.6 Å². The van der Waals surface area contributed by atoms with Crippen LogP contribution in [0.4, 0.5) is 0 Å². The third-order valence-corrected chi connectivity index (χ3v) is 3.93. The first-order chi connectivity index (χ1) is 10.5. The number of ether oxygens (including phenoxy) is 1. The van der Waals surface area contributed by atoms with Crippen molar-refractivity contribution in [3.63, 3.8) is 0 Å². The predicted molar refractivity (Wildman–Crippen MR) is 75.7 cm³/mol. The number of carbonyl (C=O) groups excluding carboxylic acids is 2. The quantitative estimate of drug-likeness (QED) is 0.310. The van der Waals surface area contributed by atoms with Gasteiger partial charge in [-0.25, -0.2) is 0 Å². The van der Waals surface area contributed by atoms with Crippen molar-refractivity contribution in [3.8, 4) is 0 Å². The van der Waals surface area contributed by atoms with Crippen LogP contribution in [0.1, 0.15) is 12.8 Å². The van der Waals surface area contributed by atoms with Gasteiger partial charge in [0.15, 0.2) is 0 Å². The zero-order chi connectivity index (χ0) is 16.1. The van der Waals surface area contributed by atoms with Crippen molar-refractivity contribution >= 4 is 11.8 Å². The first kappa shape index (κ1) is 17.0. The Balaban J connectivity index is 1.63. The minimum atomic E-state index is -1.12. The largest absolute Gasteiger partial charge is 0.394 e. The number of aliphatic hydroxyl groups excluding tert-OH is 3. The van der Waals surface area contributed by atoms with Gasteiger partial charge in [-0.2, -0.15) is 0 Å². The minimum absolute atomic E-state index is 0.205. The van der Waals surface area contributed by atoms with E-state index in [0.717, 1.165) is 0 Å². The molecule has 2 rings (SSSR count). The number of rotatable bonds is 7. The molecule has 0 saturated carbocycles. The molecular weight excluding hydrogens is 292 g/mol. The summed E-state index contributed by atoms with van der Waals surface area (Å²) in [6.07, 6.45) is 0.994.